The predicted octanol–water partition coefficient (Wildman–Crippen LogP) is 3.06. The minimum absolute atomic E-state index is 0.138. The van der Waals surface area contributed by atoms with E-state index in [9.17, 15) is 4.79 Å². The van der Waals surface area contributed by atoms with Crippen LogP contribution in [0.4, 0.5) is 15.6 Å². The standard InChI is InChI=1S/C19H21N5O3S/c1-26-14-10-13(11-15(12-14)27-2)21-18(25)23-6-8-24(9-7-23)19-22-16-4-3-5-20-17(16)28-19/h3-5,10-12H,6-9H2,1-2H3,(H,21,25). The molecule has 0 aliphatic carbocycles. The number of fused-ring (bicyclic) bond motifs is 1. The number of aromatic nitrogens is 2. The maximum Gasteiger partial charge on any atom is 0.321 e. The van der Waals surface area contributed by atoms with E-state index in [1.807, 2.05) is 12.1 Å². The van der Waals surface area contributed by atoms with Crippen molar-refractivity contribution in [3.63, 3.8) is 0 Å². The Morgan fingerprint density at radius 2 is 1.82 bits per heavy atom. The second-order valence-corrected chi connectivity index (χ2v) is 7.29. The van der Waals surface area contributed by atoms with Gasteiger partial charge in [0, 0.05) is 56.3 Å². The van der Waals surface area contributed by atoms with Crippen molar-refractivity contribution in [2.24, 2.45) is 0 Å². The highest BCUT2D eigenvalue weighted by molar-refractivity contribution is 7.21. The predicted molar refractivity (Wildman–Crippen MR) is 110 cm³/mol. The van der Waals surface area contributed by atoms with Crippen molar-refractivity contribution < 1.29 is 14.3 Å². The number of piperazine rings is 1. The van der Waals surface area contributed by atoms with Crippen LogP contribution < -0.4 is 19.7 Å². The Morgan fingerprint density at radius 3 is 2.46 bits per heavy atom. The van der Waals surface area contributed by atoms with Crippen LogP contribution in [0.3, 0.4) is 0 Å². The monoisotopic (exact) mass is 399 g/mol. The first kappa shape index (κ1) is 18.3. The lowest BCUT2D eigenvalue weighted by atomic mass is 10.2. The Kier molecular flexibility index (Phi) is 5.16. The molecular formula is C19H21N5O3S. The molecule has 3 aromatic rings. The van der Waals surface area contributed by atoms with E-state index in [1.165, 1.54) is 0 Å². The van der Waals surface area contributed by atoms with Gasteiger partial charge in [0.1, 0.15) is 21.8 Å². The first-order valence-electron chi connectivity index (χ1n) is 8.92. The first-order valence-corrected chi connectivity index (χ1v) is 9.73. The van der Waals surface area contributed by atoms with Gasteiger partial charge in [0.2, 0.25) is 0 Å². The quantitative estimate of drug-likeness (QED) is 0.726. The van der Waals surface area contributed by atoms with Crippen LogP contribution in [-0.4, -0.2) is 61.3 Å². The highest BCUT2D eigenvalue weighted by atomic mass is 32.1. The highest BCUT2D eigenvalue weighted by Crippen LogP contribution is 2.28. The van der Waals surface area contributed by atoms with E-state index < -0.39 is 0 Å². The fourth-order valence-electron chi connectivity index (χ4n) is 3.08. The number of anilines is 2. The van der Waals surface area contributed by atoms with Crippen LogP contribution in [0.15, 0.2) is 36.5 Å². The second kappa shape index (κ2) is 7.89. The largest absolute Gasteiger partial charge is 0.497 e. The lowest BCUT2D eigenvalue weighted by Gasteiger charge is -2.34. The lowest BCUT2D eigenvalue weighted by molar-refractivity contribution is 0.208. The number of pyridine rings is 1. The van der Waals surface area contributed by atoms with Gasteiger partial charge in [0.05, 0.1) is 14.2 Å². The molecule has 1 saturated heterocycles. The Labute approximate surface area is 166 Å². The minimum Gasteiger partial charge on any atom is -0.497 e. The van der Waals surface area contributed by atoms with Gasteiger partial charge in [-0.3, -0.25) is 0 Å². The number of hydrogen-bond acceptors (Lipinski definition) is 7. The van der Waals surface area contributed by atoms with Crippen LogP contribution in [0, 0.1) is 0 Å². The van der Waals surface area contributed by atoms with Crippen LogP contribution in [-0.2, 0) is 0 Å². The molecule has 3 heterocycles. The third-order valence-electron chi connectivity index (χ3n) is 4.60. The summed E-state index contributed by atoms with van der Waals surface area (Å²) < 4.78 is 10.5. The molecule has 1 aromatic carbocycles. The molecule has 4 rings (SSSR count). The molecule has 1 aliphatic heterocycles. The number of carbonyl (C=O) groups is 1. The van der Waals surface area contributed by atoms with Gasteiger partial charge in [-0.1, -0.05) is 11.3 Å². The Hall–Kier alpha value is -3.07. The smallest absolute Gasteiger partial charge is 0.321 e. The van der Waals surface area contributed by atoms with Crippen LogP contribution >= 0.6 is 11.3 Å². The number of urea groups is 1. The molecule has 28 heavy (non-hydrogen) atoms. The summed E-state index contributed by atoms with van der Waals surface area (Å²) >= 11 is 1.58. The van der Waals surface area contributed by atoms with Crippen LogP contribution in [0.2, 0.25) is 0 Å². The minimum atomic E-state index is -0.138. The molecule has 0 unspecified atom stereocenters. The van der Waals surface area contributed by atoms with Gasteiger partial charge in [-0.2, -0.15) is 0 Å². The number of rotatable bonds is 4. The molecule has 9 heteroatoms. The van der Waals surface area contributed by atoms with Crippen molar-refractivity contribution in [3.05, 3.63) is 36.5 Å². The van der Waals surface area contributed by atoms with Gasteiger partial charge >= 0.3 is 6.03 Å². The Balaban J connectivity index is 1.38. The van der Waals surface area contributed by atoms with E-state index in [0.29, 0.717) is 30.3 Å². The van der Waals surface area contributed by atoms with Crippen LogP contribution in [0.5, 0.6) is 11.5 Å². The van der Waals surface area contributed by atoms with Crippen LogP contribution in [0.25, 0.3) is 10.3 Å². The maximum atomic E-state index is 12.6. The van der Waals surface area contributed by atoms with Crippen molar-refractivity contribution in [1.82, 2.24) is 14.9 Å². The number of nitrogens with one attached hydrogen (secondary N) is 1. The second-order valence-electron chi connectivity index (χ2n) is 6.33. The van der Waals surface area contributed by atoms with Crippen molar-refractivity contribution in [2.75, 3.05) is 50.6 Å². The summed E-state index contributed by atoms with van der Waals surface area (Å²) in [5.41, 5.74) is 1.55. The van der Waals surface area contributed by atoms with Crippen molar-refractivity contribution in [3.8, 4) is 11.5 Å². The number of nitrogens with zero attached hydrogens (tertiary/aromatic N) is 4. The van der Waals surface area contributed by atoms with Crippen molar-refractivity contribution >= 4 is 38.5 Å². The number of carbonyl (C=O) groups excluding carboxylic acids is 1. The van der Waals surface area contributed by atoms with E-state index >= 15 is 0 Å². The number of benzene rings is 1. The molecule has 2 amide bonds. The zero-order valence-corrected chi connectivity index (χ0v) is 16.5. The third-order valence-corrected chi connectivity index (χ3v) is 5.64. The number of methoxy groups -OCH3 is 2. The molecule has 8 nitrogen and oxygen atoms in total. The molecule has 2 aromatic heterocycles. The van der Waals surface area contributed by atoms with Gasteiger partial charge in [0.15, 0.2) is 5.13 Å². The number of thiazole rings is 1. The summed E-state index contributed by atoms with van der Waals surface area (Å²) in [6.45, 7) is 2.70. The van der Waals surface area contributed by atoms with E-state index in [0.717, 1.165) is 28.6 Å². The molecule has 0 bridgehead atoms. The van der Waals surface area contributed by atoms with Gasteiger partial charge in [-0.15, -0.1) is 0 Å². The zero-order valence-electron chi connectivity index (χ0n) is 15.7. The molecule has 1 fully saturated rings. The molecule has 0 radical (unpaired) electrons. The van der Waals surface area contributed by atoms with E-state index in [4.69, 9.17) is 9.47 Å². The van der Waals surface area contributed by atoms with Crippen molar-refractivity contribution in [1.29, 1.82) is 0 Å². The van der Waals surface area contributed by atoms with E-state index in [1.54, 1.807) is 54.9 Å². The van der Waals surface area contributed by atoms with Gasteiger partial charge in [0.25, 0.3) is 0 Å². The molecular weight excluding hydrogens is 378 g/mol. The number of ether oxygens (including phenoxy) is 2. The molecule has 1 aliphatic rings. The number of hydrogen-bond donors (Lipinski definition) is 1. The van der Waals surface area contributed by atoms with E-state index in [2.05, 4.69) is 20.2 Å². The third kappa shape index (κ3) is 3.79. The summed E-state index contributed by atoms with van der Waals surface area (Å²) in [7, 11) is 3.16. The summed E-state index contributed by atoms with van der Waals surface area (Å²) in [5, 5.41) is 3.87. The summed E-state index contributed by atoms with van der Waals surface area (Å²) in [4.78, 5) is 26.6. The average molecular weight is 399 g/mol. The topological polar surface area (TPSA) is 79.8 Å². The lowest BCUT2D eigenvalue weighted by Crippen LogP contribution is -2.50. The summed E-state index contributed by atoms with van der Waals surface area (Å²) in [6, 6.07) is 9.02. The summed E-state index contributed by atoms with van der Waals surface area (Å²) in [6.07, 6.45) is 1.78. The molecule has 146 valence electrons. The molecule has 0 spiro atoms. The SMILES string of the molecule is COc1cc(NC(=O)N2CCN(c3nc4cccnc4s3)CC2)cc(OC)c1. The highest BCUT2D eigenvalue weighted by Gasteiger charge is 2.23. The van der Waals surface area contributed by atoms with Crippen molar-refractivity contribution in [2.45, 2.75) is 0 Å². The Morgan fingerprint density at radius 1 is 1.11 bits per heavy atom. The van der Waals surface area contributed by atoms with Gasteiger partial charge < -0.3 is 24.6 Å². The van der Waals surface area contributed by atoms with Gasteiger partial charge in [-0.25, -0.2) is 14.8 Å². The zero-order chi connectivity index (χ0) is 19.5. The maximum absolute atomic E-state index is 12.6. The Bertz CT molecular complexity index is 929. The molecule has 1 N–H and O–H groups in total. The molecule has 0 atom stereocenters. The molecule has 0 saturated carbocycles. The summed E-state index contributed by atoms with van der Waals surface area (Å²) in [5.74, 6) is 1.26. The fourth-order valence-corrected chi connectivity index (χ4v) is 4.04. The van der Waals surface area contributed by atoms with Gasteiger partial charge in [-0.05, 0) is 12.1 Å². The van der Waals surface area contributed by atoms with Crippen LogP contribution in [0.1, 0.15) is 0 Å². The first-order chi connectivity index (χ1) is 13.7. The number of amides is 2. The fraction of sp³-hybridized carbons (Fsp3) is 0.316. The van der Waals surface area contributed by atoms with E-state index in [-0.39, 0.29) is 6.03 Å². The normalized spacial score (nSPS) is 14.2. The average Bonchev–Trinajstić information content (AvgIpc) is 3.17.